The number of carbonyl (C=O) groups excluding carboxylic acids is 1. The summed E-state index contributed by atoms with van der Waals surface area (Å²) in [6.45, 7) is 0. The molecule has 1 saturated heterocycles. The van der Waals surface area contributed by atoms with Gasteiger partial charge in [-0.25, -0.2) is 4.79 Å². The van der Waals surface area contributed by atoms with Crippen LogP contribution in [0.5, 0.6) is 0 Å². The smallest absolute Gasteiger partial charge is 0.343 e. The number of esters is 1. The van der Waals surface area contributed by atoms with Gasteiger partial charge in [-0.2, -0.15) is 0 Å². The molecule has 1 heterocycles. The fourth-order valence-electron chi connectivity index (χ4n) is 3.66. The molecule has 0 aliphatic carbocycles. The summed E-state index contributed by atoms with van der Waals surface area (Å²) in [5.74, 6) is -0.584. The van der Waals surface area contributed by atoms with Gasteiger partial charge in [0, 0.05) is 18.4 Å². The largest absolute Gasteiger partial charge is 0.455 e. The van der Waals surface area contributed by atoms with Gasteiger partial charge >= 0.3 is 5.97 Å². The van der Waals surface area contributed by atoms with Crippen molar-refractivity contribution < 1.29 is 14.6 Å². The van der Waals surface area contributed by atoms with Gasteiger partial charge < -0.3 is 9.84 Å². The number of aliphatic hydroxyl groups is 1. The molecule has 1 N–H and O–H groups in total. The van der Waals surface area contributed by atoms with Gasteiger partial charge in [-0.3, -0.25) is 0 Å². The molecule has 0 spiro atoms. The van der Waals surface area contributed by atoms with Gasteiger partial charge in [-0.05, 0) is 22.8 Å². The topological polar surface area (TPSA) is 46.5 Å². The number of ether oxygens (including phenoxy) is 1. The highest BCUT2D eigenvalue weighted by Gasteiger charge is 2.52. The van der Waals surface area contributed by atoms with Gasteiger partial charge in [0.1, 0.15) is 6.10 Å². The highest BCUT2D eigenvalue weighted by Crippen LogP contribution is 2.37. The van der Waals surface area contributed by atoms with Crippen LogP contribution in [0, 0.1) is 0 Å². The van der Waals surface area contributed by atoms with E-state index in [2.05, 4.69) is 0 Å². The van der Waals surface area contributed by atoms with Crippen molar-refractivity contribution in [1.82, 2.24) is 0 Å². The lowest BCUT2D eigenvalue weighted by Gasteiger charge is -2.22. The average molecular weight is 370 g/mol. The first kappa shape index (κ1) is 18.2. The maximum Gasteiger partial charge on any atom is 0.343 e. The third-order valence-corrected chi connectivity index (χ3v) is 5.10. The molecule has 4 rings (SSSR count). The van der Waals surface area contributed by atoms with Crippen LogP contribution in [0.2, 0.25) is 0 Å². The Morgan fingerprint density at radius 1 is 0.821 bits per heavy atom. The highest BCUT2D eigenvalue weighted by atomic mass is 16.6. The molecule has 1 aliphatic rings. The van der Waals surface area contributed by atoms with Crippen LogP contribution >= 0.6 is 0 Å². The lowest BCUT2D eigenvalue weighted by molar-refractivity contribution is -0.154. The fraction of sp³-hybridized carbons (Fsp3) is 0.160. The Morgan fingerprint density at radius 3 is 1.96 bits per heavy atom. The minimum Gasteiger partial charge on any atom is -0.455 e. The van der Waals surface area contributed by atoms with Gasteiger partial charge in [0.15, 0.2) is 5.60 Å². The van der Waals surface area contributed by atoms with E-state index in [4.69, 9.17) is 4.74 Å². The molecule has 3 heteroatoms. The molecule has 0 unspecified atom stereocenters. The summed E-state index contributed by atoms with van der Waals surface area (Å²) in [6, 6.07) is 29.2. The predicted molar refractivity (Wildman–Crippen MR) is 110 cm³/mol. The number of carbonyl (C=O) groups is 1. The van der Waals surface area contributed by atoms with E-state index in [-0.39, 0.29) is 6.42 Å². The van der Waals surface area contributed by atoms with Crippen LogP contribution in [0.3, 0.4) is 0 Å². The van der Waals surface area contributed by atoms with E-state index in [1.54, 1.807) is 0 Å². The molecule has 3 aromatic carbocycles. The molecule has 0 amide bonds. The molecule has 1 aliphatic heterocycles. The molecule has 2 atom stereocenters. The van der Waals surface area contributed by atoms with Crippen molar-refractivity contribution in [3.63, 3.8) is 0 Å². The molecule has 0 saturated carbocycles. The Labute approximate surface area is 164 Å². The molecule has 140 valence electrons. The maximum absolute atomic E-state index is 12.8. The van der Waals surface area contributed by atoms with Crippen LogP contribution in [0.25, 0.3) is 6.08 Å². The molecule has 0 aromatic heterocycles. The second-order valence-electron chi connectivity index (χ2n) is 7.12. The first-order valence-electron chi connectivity index (χ1n) is 9.43. The van der Waals surface area contributed by atoms with Crippen molar-refractivity contribution >= 4 is 12.0 Å². The number of hydrogen-bond acceptors (Lipinski definition) is 3. The Balaban J connectivity index is 1.73. The fourth-order valence-corrected chi connectivity index (χ4v) is 3.66. The normalized spacial score (nSPS) is 23.0. The van der Waals surface area contributed by atoms with Gasteiger partial charge in [0.25, 0.3) is 0 Å². The third kappa shape index (κ3) is 3.75. The lowest BCUT2D eigenvalue weighted by Crippen LogP contribution is -2.38. The van der Waals surface area contributed by atoms with Crippen LogP contribution in [0.15, 0.2) is 96.6 Å². The van der Waals surface area contributed by atoms with Crippen molar-refractivity contribution in [2.75, 3.05) is 0 Å². The van der Waals surface area contributed by atoms with E-state index in [0.29, 0.717) is 12.0 Å². The van der Waals surface area contributed by atoms with Crippen molar-refractivity contribution in [2.24, 2.45) is 0 Å². The molecule has 0 radical (unpaired) electrons. The number of rotatable bonds is 5. The van der Waals surface area contributed by atoms with Gasteiger partial charge in [0.05, 0.1) is 0 Å². The van der Waals surface area contributed by atoms with E-state index in [9.17, 15) is 9.90 Å². The van der Waals surface area contributed by atoms with Crippen molar-refractivity contribution in [2.45, 2.75) is 24.5 Å². The Kier molecular flexibility index (Phi) is 5.09. The second-order valence-corrected chi connectivity index (χ2v) is 7.12. The quantitative estimate of drug-likeness (QED) is 0.685. The van der Waals surface area contributed by atoms with Gasteiger partial charge in [-0.15, -0.1) is 0 Å². The summed E-state index contributed by atoms with van der Waals surface area (Å²) in [5, 5.41) is 11.4. The summed E-state index contributed by atoms with van der Waals surface area (Å²) in [4.78, 5) is 12.8. The SMILES string of the molecule is O=C1O[C@@H](Cc2ccccc2)C(=Cc2ccccc2)[C@@]1(O)Cc1ccccc1. The minimum absolute atomic E-state index is 0.191. The molecular weight excluding hydrogens is 348 g/mol. The van der Waals surface area contributed by atoms with E-state index < -0.39 is 17.7 Å². The van der Waals surface area contributed by atoms with Crippen molar-refractivity contribution in [3.8, 4) is 0 Å². The summed E-state index contributed by atoms with van der Waals surface area (Å²) in [5.41, 5.74) is 1.82. The molecule has 0 bridgehead atoms. The highest BCUT2D eigenvalue weighted by molar-refractivity contribution is 5.90. The number of hydrogen-bond donors (Lipinski definition) is 1. The number of cyclic esters (lactones) is 1. The summed E-state index contributed by atoms with van der Waals surface area (Å²) < 4.78 is 5.68. The Bertz CT molecular complexity index is 964. The predicted octanol–water partition coefficient (Wildman–Crippen LogP) is 4.21. The van der Waals surface area contributed by atoms with Crippen LogP contribution < -0.4 is 0 Å². The second kappa shape index (κ2) is 7.83. The maximum atomic E-state index is 12.8. The average Bonchev–Trinajstić information content (AvgIpc) is 2.94. The standard InChI is InChI=1S/C25H22O3/c26-24-25(27,18-21-14-8-3-9-15-21)22(16-19-10-4-1-5-11-19)23(28-24)17-20-12-6-2-7-13-20/h1-16,23,27H,17-18H2/t23-,25-/m0/s1. The minimum atomic E-state index is -1.67. The van der Waals surface area contributed by atoms with Crippen molar-refractivity contribution in [1.29, 1.82) is 0 Å². The first-order valence-corrected chi connectivity index (χ1v) is 9.43. The van der Waals surface area contributed by atoms with Crippen molar-refractivity contribution in [3.05, 3.63) is 113 Å². The number of benzene rings is 3. The molecular formula is C25H22O3. The molecule has 1 fully saturated rings. The van der Waals surface area contributed by atoms with E-state index in [1.165, 1.54) is 0 Å². The molecule has 28 heavy (non-hydrogen) atoms. The van der Waals surface area contributed by atoms with Crippen LogP contribution in [-0.2, 0) is 22.4 Å². The zero-order chi connectivity index (χ0) is 19.4. The zero-order valence-corrected chi connectivity index (χ0v) is 15.5. The van der Waals surface area contributed by atoms with Gasteiger partial charge in [0.2, 0.25) is 0 Å². The van der Waals surface area contributed by atoms with E-state index in [1.807, 2.05) is 97.1 Å². The van der Waals surface area contributed by atoms with Crippen LogP contribution in [0.4, 0.5) is 0 Å². The molecule has 3 nitrogen and oxygen atoms in total. The monoisotopic (exact) mass is 370 g/mol. The zero-order valence-electron chi connectivity index (χ0n) is 15.5. The first-order chi connectivity index (χ1) is 13.6. The van der Waals surface area contributed by atoms with E-state index in [0.717, 1.165) is 16.7 Å². The summed E-state index contributed by atoms with van der Waals surface area (Å²) in [7, 11) is 0. The summed E-state index contributed by atoms with van der Waals surface area (Å²) in [6.07, 6.45) is 2.12. The Morgan fingerprint density at radius 2 is 1.36 bits per heavy atom. The van der Waals surface area contributed by atoms with Crippen LogP contribution in [-0.4, -0.2) is 22.8 Å². The molecule has 3 aromatic rings. The van der Waals surface area contributed by atoms with E-state index >= 15 is 0 Å². The lowest BCUT2D eigenvalue weighted by atomic mass is 9.84. The Hall–Kier alpha value is -3.17. The van der Waals surface area contributed by atoms with Crippen LogP contribution in [0.1, 0.15) is 16.7 Å². The summed E-state index contributed by atoms with van der Waals surface area (Å²) >= 11 is 0. The van der Waals surface area contributed by atoms with Gasteiger partial charge in [-0.1, -0.05) is 91.0 Å². The third-order valence-electron chi connectivity index (χ3n) is 5.10.